The fraction of sp³-hybridized carbons (Fsp3) is 0.353. The molecule has 0 aliphatic carbocycles. The molecule has 0 radical (unpaired) electrons. The number of halogens is 1. The number of nitrogens with one attached hydrogen (secondary N) is 1. The number of carbonyl (C=O) groups is 1. The SMILES string of the molecule is Cc1cnc(C(=O)NC2CCN(c3ccc(F)cc3)CC2)cn1. The van der Waals surface area contributed by atoms with Gasteiger partial charge in [0.2, 0.25) is 0 Å². The van der Waals surface area contributed by atoms with Gasteiger partial charge < -0.3 is 10.2 Å². The monoisotopic (exact) mass is 314 g/mol. The van der Waals surface area contributed by atoms with Crippen molar-refractivity contribution in [1.82, 2.24) is 15.3 Å². The van der Waals surface area contributed by atoms with Crippen LogP contribution in [0.15, 0.2) is 36.7 Å². The van der Waals surface area contributed by atoms with Crippen molar-refractivity contribution in [2.45, 2.75) is 25.8 Å². The second kappa shape index (κ2) is 6.73. The third-order valence-electron chi connectivity index (χ3n) is 4.04. The van der Waals surface area contributed by atoms with E-state index in [-0.39, 0.29) is 17.8 Å². The van der Waals surface area contributed by atoms with Crippen molar-refractivity contribution in [3.8, 4) is 0 Å². The van der Waals surface area contributed by atoms with E-state index >= 15 is 0 Å². The zero-order chi connectivity index (χ0) is 16.2. The van der Waals surface area contributed by atoms with Gasteiger partial charge in [0.05, 0.1) is 11.9 Å². The number of amides is 1. The van der Waals surface area contributed by atoms with E-state index in [2.05, 4.69) is 20.2 Å². The molecule has 1 fully saturated rings. The summed E-state index contributed by atoms with van der Waals surface area (Å²) in [4.78, 5) is 22.5. The molecule has 1 N–H and O–H groups in total. The maximum Gasteiger partial charge on any atom is 0.271 e. The molecule has 6 heteroatoms. The van der Waals surface area contributed by atoms with Crippen LogP contribution in [0.5, 0.6) is 0 Å². The van der Waals surface area contributed by atoms with Crippen LogP contribution < -0.4 is 10.2 Å². The number of anilines is 1. The summed E-state index contributed by atoms with van der Waals surface area (Å²) < 4.78 is 13.0. The first kappa shape index (κ1) is 15.4. The standard InChI is InChI=1S/C17H19FN4O/c1-12-10-20-16(11-19-12)17(23)21-14-6-8-22(9-7-14)15-4-2-13(18)3-5-15/h2-5,10-11,14H,6-9H2,1H3,(H,21,23). The highest BCUT2D eigenvalue weighted by molar-refractivity contribution is 5.92. The number of piperidine rings is 1. The van der Waals surface area contributed by atoms with E-state index in [1.807, 2.05) is 6.92 Å². The Hall–Kier alpha value is -2.50. The number of nitrogens with zero attached hydrogens (tertiary/aromatic N) is 3. The summed E-state index contributed by atoms with van der Waals surface area (Å²) in [6.45, 7) is 3.49. The molecule has 2 aromatic rings. The molecule has 0 bridgehead atoms. The Morgan fingerprint density at radius 3 is 2.48 bits per heavy atom. The summed E-state index contributed by atoms with van der Waals surface area (Å²) in [5, 5.41) is 3.01. The molecule has 0 spiro atoms. The van der Waals surface area contributed by atoms with Crippen LogP contribution >= 0.6 is 0 Å². The summed E-state index contributed by atoms with van der Waals surface area (Å²) in [5.74, 6) is -0.409. The summed E-state index contributed by atoms with van der Waals surface area (Å²) in [5.41, 5.74) is 2.14. The van der Waals surface area contributed by atoms with Crippen molar-refractivity contribution in [3.05, 3.63) is 53.9 Å². The van der Waals surface area contributed by atoms with Crippen molar-refractivity contribution >= 4 is 11.6 Å². The Morgan fingerprint density at radius 1 is 1.17 bits per heavy atom. The van der Waals surface area contributed by atoms with E-state index in [0.717, 1.165) is 37.3 Å². The van der Waals surface area contributed by atoms with Crippen LogP contribution in [0.2, 0.25) is 0 Å². The molecule has 2 heterocycles. The summed E-state index contributed by atoms with van der Waals surface area (Å²) in [6.07, 6.45) is 4.79. The average molecular weight is 314 g/mol. The Kier molecular flexibility index (Phi) is 4.50. The zero-order valence-electron chi connectivity index (χ0n) is 13.0. The van der Waals surface area contributed by atoms with Gasteiger partial charge in [0.15, 0.2) is 0 Å². The normalized spacial score (nSPS) is 15.5. The average Bonchev–Trinajstić information content (AvgIpc) is 2.57. The first-order chi connectivity index (χ1) is 11.1. The minimum absolute atomic E-state index is 0.127. The third kappa shape index (κ3) is 3.83. The molecule has 1 aromatic carbocycles. The number of hydrogen-bond donors (Lipinski definition) is 1. The van der Waals surface area contributed by atoms with Crippen molar-refractivity contribution in [2.24, 2.45) is 0 Å². The van der Waals surface area contributed by atoms with Gasteiger partial charge in [0.1, 0.15) is 11.5 Å². The van der Waals surface area contributed by atoms with Crippen molar-refractivity contribution in [2.75, 3.05) is 18.0 Å². The number of aryl methyl sites for hydroxylation is 1. The Morgan fingerprint density at radius 2 is 1.87 bits per heavy atom. The van der Waals surface area contributed by atoms with Crippen LogP contribution in [0.4, 0.5) is 10.1 Å². The molecule has 1 saturated heterocycles. The summed E-state index contributed by atoms with van der Waals surface area (Å²) in [7, 11) is 0. The molecule has 5 nitrogen and oxygen atoms in total. The minimum atomic E-state index is -0.227. The van der Waals surface area contributed by atoms with E-state index in [1.54, 1.807) is 18.3 Å². The quantitative estimate of drug-likeness (QED) is 0.944. The number of rotatable bonds is 3. The second-order valence-electron chi connectivity index (χ2n) is 5.75. The van der Waals surface area contributed by atoms with Gasteiger partial charge in [-0.05, 0) is 44.0 Å². The maximum atomic E-state index is 13.0. The number of hydrogen-bond acceptors (Lipinski definition) is 4. The summed E-state index contributed by atoms with van der Waals surface area (Å²) in [6, 6.07) is 6.65. The molecular formula is C17H19FN4O. The lowest BCUT2D eigenvalue weighted by atomic mass is 10.0. The predicted molar refractivity (Wildman–Crippen MR) is 85.9 cm³/mol. The van der Waals surface area contributed by atoms with E-state index in [1.165, 1.54) is 18.3 Å². The lowest BCUT2D eigenvalue weighted by Gasteiger charge is -2.33. The van der Waals surface area contributed by atoms with Gasteiger partial charge in [-0.25, -0.2) is 9.37 Å². The number of aromatic nitrogens is 2. The van der Waals surface area contributed by atoms with E-state index in [4.69, 9.17) is 0 Å². The predicted octanol–water partition coefficient (Wildman–Crippen LogP) is 2.32. The van der Waals surface area contributed by atoms with Gasteiger partial charge in [-0.2, -0.15) is 0 Å². The van der Waals surface area contributed by atoms with Crippen LogP contribution in [-0.2, 0) is 0 Å². The van der Waals surface area contributed by atoms with E-state index < -0.39 is 0 Å². The molecule has 1 aromatic heterocycles. The molecule has 0 saturated carbocycles. The lowest BCUT2D eigenvalue weighted by Crippen LogP contribution is -2.44. The van der Waals surface area contributed by atoms with Crippen LogP contribution in [0.25, 0.3) is 0 Å². The summed E-state index contributed by atoms with van der Waals surface area (Å²) >= 11 is 0. The molecule has 23 heavy (non-hydrogen) atoms. The van der Waals surface area contributed by atoms with Gasteiger partial charge in [-0.1, -0.05) is 0 Å². The van der Waals surface area contributed by atoms with Gasteiger partial charge in [0.25, 0.3) is 5.91 Å². The van der Waals surface area contributed by atoms with Gasteiger partial charge in [-0.3, -0.25) is 9.78 Å². The first-order valence-corrected chi connectivity index (χ1v) is 7.72. The molecule has 3 rings (SSSR count). The highest BCUT2D eigenvalue weighted by Gasteiger charge is 2.21. The Balaban J connectivity index is 1.53. The number of carbonyl (C=O) groups excluding carboxylic acids is 1. The lowest BCUT2D eigenvalue weighted by molar-refractivity contribution is 0.0925. The molecule has 1 amide bonds. The van der Waals surface area contributed by atoms with Crippen LogP contribution in [0.3, 0.4) is 0 Å². The van der Waals surface area contributed by atoms with Crippen molar-refractivity contribution in [3.63, 3.8) is 0 Å². The van der Waals surface area contributed by atoms with Crippen molar-refractivity contribution < 1.29 is 9.18 Å². The van der Waals surface area contributed by atoms with E-state index in [9.17, 15) is 9.18 Å². The fourth-order valence-corrected chi connectivity index (χ4v) is 2.70. The second-order valence-corrected chi connectivity index (χ2v) is 5.75. The van der Waals surface area contributed by atoms with Gasteiger partial charge >= 0.3 is 0 Å². The van der Waals surface area contributed by atoms with Crippen LogP contribution in [-0.4, -0.2) is 35.0 Å². The van der Waals surface area contributed by atoms with Crippen LogP contribution in [0, 0.1) is 12.7 Å². The largest absolute Gasteiger partial charge is 0.371 e. The zero-order valence-corrected chi connectivity index (χ0v) is 13.0. The first-order valence-electron chi connectivity index (χ1n) is 7.72. The van der Waals surface area contributed by atoms with Crippen molar-refractivity contribution in [1.29, 1.82) is 0 Å². The topological polar surface area (TPSA) is 58.1 Å². The molecule has 1 aliphatic rings. The maximum absolute atomic E-state index is 13.0. The van der Waals surface area contributed by atoms with Crippen LogP contribution in [0.1, 0.15) is 29.0 Å². The van der Waals surface area contributed by atoms with E-state index in [0.29, 0.717) is 5.69 Å². The molecule has 120 valence electrons. The molecule has 1 aliphatic heterocycles. The van der Waals surface area contributed by atoms with Gasteiger partial charge in [-0.15, -0.1) is 0 Å². The van der Waals surface area contributed by atoms with Gasteiger partial charge in [0, 0.05) is 31.0 Å². The number of benzene rings is 1. The highest BCUT2D eigenvalue weighted by atomic mass is 19.1. The Bertz CT molecular complexity index is 664. The molecular weight excluding hydrogens is 295 g/mol. The smallest absolute Gasteiger partial charge is 0.271 e. The molecule has 0 unspecified atom stereocenters. The fourth-order valence-electron chi connectivity index (χ4n) is 2.70. The molecule has 0 atom stereocenters. The minimum Gasteiger partial charge on any atom is -0.371 e. The Labute approximate surface area is 134 Å². The highest BCUT2D eigenvalue weighted by Crippen LogP contribution is 2.20. The third-order valence-corrected chi connectivity index (χ3v) is 4.04.